The number of anilines is 1. The molecule has 0 fully saturated rings. The van der Waals surface area contributed by atoms with E-state index in [0.717, 1.165) is 5.69 Å². The van der Waals surface area contributed by atoms with Crippen LogP contribution in [0.5, 0.6) is 0 Å². The molecule has 0 saturated carbocycles. The van der Waals surface area contributed by atoms with Gasteiger partial charge in [-0.2, -0.15) is 5.26 Å². The summed E-state index contributed by atoms with van der Waals surface area (Å²) in [6, 6.07) is 5.41. The molecule has 0 atom stereocenters. The van der Waals surface area contributed by atoms with E-state index in [0.29, 0.717) is 18.0 Å². The molecule has 16 heavy (non-hydrogen) atoms. The van der Waals surface area contributed by atoms with E-state index in [1.54, 1.807) is 19.1 Å². The van der Waals surface area contributed by atoms with Crippen LogP contribution in [0, 0.1) is 18.3 Å². The number of aromatic nitrogens is 1. The number of nitrogens with one attached hydrogen (secondary N) is 1. The fraction of sp³-hybridized carbons (Fsp3) is 0.364. The number of hydrogen-bond donors (Lipinski definition) is 1. The minimum atomic E-state index is -0.366. The van der Waals surface area contributed by atoms with Crippen LogP contribution < -0.4 is 5.32 Å². The van der Waals surface area contributed by atoms with Gasteiger partial charge in [0, 0.05) is 5.69 Å². The SMILES string of the molecule is CCOC(=O)CNc1nc(C)ccc1C#N. The fourth-order valence-electron chi connectivity index (χ4n) is 1.15. The fourth-order valence-corrected chi connectivity index (χ4v) is 1.15. The van der Waals surface area contributed by atoms with Gasteiger partial charge in [-0.15, -0.1) is 0 Å². The number of nitrogens with zero attached hydrogens (tertiary/aromatic N) is 2. The molecular formula is C11H13N3O2. The maximum absolute atomic E-state index is 11.1. The van der Waals surface area contributed by atoms with Gasteiger partial charge in [0.2, 0.25) is 0 Å². The Morgan fingerprint density at radius 2 is 2.38 bits per heavy atom. The smallest absolute Gasteiger partial charge is 0.325 e. The van der Waals surface area contributed by atoms with Gasteiger partial charge in [0.1, 0.15) is 18.4 Å². The van der Waals surface area contributed by atoms with E-state index in [2.05, 4.69) is 10.3 Å². The summed E-state index contributed by atoms with van der Waals surface area (Å²) in [6.07, 6.45) is 0. The zero-order valence-corrected chi connectivity index (χ0v) is 9.28. The Balaban J connectivity index is 2.70. The topological polar surface area (TPSA) is 75.0 Å². The lowest BCUT2D eigenvalue weighted by Crippen LogP contribution is -2.18. The van der Waals surface area contributed by atoms with Crippen molar-refractivity contribution in [1.82, 2.24) is 4.98 Å². The van der Waals surface area contributed by atoms with Crippen molar-refractivity contribution in [3.8, 4) is 6.07 Å². The zero-order chi connectivity index (χ0) is 12.0. The summed E-state index contributed by atoms with van der Waals surface area (Å²) in [5.41, 5.74) is 1.19. The molecule has 0 radical (unpaired) electrons. The van der Waals surface area contributed by atoms with E-state index in [1.165, 1.54) is 0 Å². The number of aryl methyl sites for hydroxylation is 1. The van der Waals surface area contributed by atoms with Gasteiger partial charge in [0.15, 0.2) is 0 Å². The van der Waals surface area contributed by atoms with Crippen LogP contribution in [0.3, 0.4) is 0 Å². The lowest BCUT2D eigenvalue weighted by Gasteiger charge is -2.07. The summed E-state index contributed by atoms with van der Waals surface area (Å²) >= 11 is 0. The average Bonchev–Trinajstić information content (AvgIpc) is 2.27. The van der Waals surface area contributed by atoms with Crippen LogP contribution in [0.25, 0.3) is 0 Å². The second-order valence-corrected chi connectivity index (χ2v) is 3.12. The van der Waals surface area contributed by atoms with Crippen molar-refractivity contribution in [3.63, 3.8) is 0 Å². The first kappa shape index (κ1) is 12.0. The molecular weight excluding hydrogens is 206 g/mol. The Labute approximate surface area is 94.1 Å². The third-order valence-corrected chi connectivity index (χ3v) is 1.86. The molecule has 0 aliphatic rings. The number of carbonyl (C=O) groups excluding carboxylic acids is 1. The monoisotopic (exact) mass is 219 g/mol. The molecule has 0 aliphatic heterocycles. The molecule has 1 N–H and O–H groups in total. The van der Waals surface area contributed by atoms with Gasteiger partial charge in [0.05, 0.1) is 12.2 Å². The Kier molecular flexibility index (Phi) is 4.28. The highest BCUT2D eigenvalue weighted by atomic mass is 16.5. The molecule has 1 heterocycles. The first-order valence-corrected chi connectivity index (χ1v) is 4.94. The summed E-state index contributed by atoms with van der Waals surface area (Å²) < 4.78 is 4.76. The number of hydrogen-bond acceptors (Lipinski definition) is 5. The van der Waals surface area contributed by atoms with Gasteiger partial charge in [-0.25, -0.2) is 4.98 Å². The molecule has 84 valence electrons. The normalized spacial score (nSPS) is 9.31. The van der Waals surface area contributed by atoms with Crippen molar-refractivity contribution in [2.24, 2.45) is 0 Å². The molecule has 0 aromatic carbocycles. The summed E-state index contributed by atoms with van der Waals surface area (Å²) in [6.45, 7) is 3.91. The van der Waals surface area contributed by atoms with Gasteiger partial charge >= 0.3 is 5.97 Å². The standard InChI is InChI=1S/C11H13N3O2/c1-3-16-10(15)7-13-11-9(6-12)5-4-8(2)14-11/h4-5H,3,7H2,1-2H3,(H,13,14). The van der Waals surface area contributed by atoms with Crippen molar-refractivity contribution in [2.45, 2.75) is 13.8 Å². The summed E-state index contributed by atoms with van der Waals surface area (Å²) in [5, 5.41) is 11.6. The van der Waals surface area contributed by atoms with Crippen LogP contribution in [0.15, 0.2) is 12.1 Å². The molecule has 1 aromatic rings. The molecule has 0 amide bonds. The van der Waals surface area contributed by atoms with Crippen LogP contribution in [-0.4, -0.2) is 24.1 Å². The molecule has 0 saturated heterocycles. The Morgan fingerprint density at radius 1 is 1.62 bits per heavy atom. The highest BCUT2D eigenvalue weighted by Gasteiger charge is 2.06. The quantitative estimate of drug-likeness (QED) is 0.771. The first-order chi connectivity index (χ1) is 7.67. The van der Waals surface area contributed by atoms with E-state index >= 15 is 0 Å². The molecule has 0 aliphatic carbocycles. The van der Waals surface area contributed by atoms with Crippen LogP contribution in [0.2, 0.25) is 0 Å². The number of carbonyl (C=O) groups is 1. The lowest BCUT2D eigenvalue weighted by molar-refractivity contribution is -0.140. The number of nitriles is 1. The Morgan fingerprint density at radius 3 is 3.00 bits per heavy atom. The van der Waals surface area contributed by atoms with Crippen molar-refractivity contribution in [1.29, 1.82) is 5.26 Å². The molecule has 0 bridgehead atoms. The third kappa shape index (κ3) is 3.24. The molecule has 0 unspecified atom stereocenters. The highest BCUT2D eigenvalue weighted by molar-refractivity contribution is 5.75. The van der Waals surface area contributed by atoms with E-state index in [-0.39, 0.29) is 12.5 Å². The zero-order valence-electron chi connectivity index (χ0n) is 9.28. The number of ether oxygens (including phenoxy) is 1. The first-order valence-electron chi connectivity index (χ1n) is 4.94. The van der Waals surface area contributed by atoms with Crippen molar-refractivity contribution in [3.05, 3.63) is 23.4 Å². The maximum Gasteiger partial charge on any atom is 0.325 e. The van der Waals surface area contributed by atoms with E-state index in [1.807, 2.05) is 13.0 Å². The summed E-state index contributed by atoms with van der Waals surface area (Å²) in [7, 11) is 0. The second-order valence-electron chi connectivity index (χ2n) is 3.12. The number of esters is 1. The predicted molar refractivity (Wildman–Crippen MR) is 58.8 cm³/mol. The molecule has 0 spiro atoms. The van der Waals surface area contributed by atoms with Crippen LogP contribution in [-0.2, 0) is 9.53 Å². The predicted octanol–water partition coefficient (Wildman–Crippen LogP) is 1.24. The minimum absolute atomic E-state index is 0.0129. The molecule has 1 aromatic heterocycles. The Hall–Kier alpha value is -2.09. The van der Waals surface area contributed by atoms with E-state index in [4.69, 9.17) is 10.00 Å². The summed E-state index contributed by atoms with van der Waals surface area (Å²) in [4.78, 5) is 15.2. The molecule has 5 heteroatoms. The molecule has 5 nitrogen and oxygen atoms in total. The van der Waals surface area contributed by atoms with Crippen molar-refractivity contribution < 1.29 is 9.53 Å². The Bertz CT molecular complexity index is 424. The van der Waals surface area contributed by atoms with Gasteiger partial charge in [-0.1, -0.05) is 0 Å². The van der Waals surface area contributed by atoms with Gasteiger partial charge in [0.25, 0.3) is 0 Å². The van der Waals surface area contributed by atoms with Crippen LogP contribution >= 0.6 is 0 Å². The van der Waals surface area contributed by atoms with E-state index < -0.39 is 0 Å². The minimum Gasteiger partial charge on any atom is -0.465 e. The average molecular weight is 219 g/mol. The number of rotatable bonds is 4. The van der Waals surface area contributed by atoms with Gasteiger partial charge < -0.3 is 10.1 Å². The summed E-state index contributed by atoms with van der Waals surface area (Å²) in [5.74, 6) is 0.0465. The lowest BCUT2D eigenvalue weighted by atomic mass is 10.2. The van der Waals surface area contributed by atoms with Gasteiger partial charge in [-0.3, -0.25) is 4.79 Å². The van der Waals surface area contributed by atoms with Gasteiger partial charge in [-0.05, 0) is 26.0 Å². The molecule has 1 rings (SSSR count). The maximum atomic E-state index is 11.1. The van der Waals surface area contributed by atoms with Crippen molar-refractivity contribution in [2.75, 3.05) is 18.5 Å². The van der Waals surface area contributed by atoms with Crippen molar-refractivity contribution >= 4 is 11.8 Å². The largest absolute Gasteiger partial charge is 0.465 e. The van der Waals surface area contributed by atoms with Crippen LogP contribution in [0.1, 0.15) is 18.2 Å². The second kappa shape index (κ2) is 5.71. The third-order valence-electron chi connectivity index (χ3n) is 1.86. The number of pyridine rings is 1. The highest BCUT2D eigenvalue weighted by Crippen LogP contribution is 2.11. The van der Waals surface area contributed by atoms with E-state index in [9.17, 15) is 4.79 Å². The van der Waals surface area contributed by atoms with Crippen LogP contribution in [0.4, 0.5) is 5.82 Å².